The minimum atomic E-state index is -0.482. The average Bonchev–Trinajstić information content (AvgIpc) is 2.74. The molecule has 1 unspecified atom stereocenters. The molecule has 0 aliphatic carbocycles. The highest BCUT2D eigenvalue weighted by Gasteiger charge is 2.13. The Morgan fingerprint density at radius 2 is 1.93 bits per heavy atom. The third-order valence-corrected chi connectivity index (χ3v) is 3.68. The van der Waals surface area contributed by atoms with Crippen molar-refractivity contribution in [2.75, 3.05) is 0 Å². The first kappa shape index (κ1) is 10.4. The number of hydrogen-bond donors (Lipinski definition) is 1. The van der Waals surface area contributed by atoms with Crippen molar-refractivity contribution in [2.45, 2.75) is 20.0 Å². The molecular formula is C13H14OS. The molecule has 0 saturated carbocycles. The number of thiophene rings is 1. The molecule has 2 aromatic rings. The van der Waals surface area contributed by atoms with E-state index in [0.29, 0.717) is 0 Å². The molecule has 1 aromatic carbocycles. The van der Waals surface area contributed by atoms with Gasteiger partial charge in [-0.3, -0.25) is 0 Å². The lowest BCUT2D eigenvalue weighted by molar-refractivity contribution is 0.223. The average molecular weight is 218 g/mol. The molecule has 78 valence electrons. The summed E-state index contributed by atoms with van der Waals surface area (Å²) in [5.41, 5.74) is 3.42. The third kappa shape index (κ3) is 1.96. The molecule has 0 amide bonds. The van der Waals surface area contributed by atoms with Gasteiger partial charge in [0.2, 0.25) is 0 Å². The lowest BCUT2D eigenvalue weighted by Crippen LogP contribution is -2.00. The Bertz CT molecular complexity index is 446. The van der Waals surface area contributed by atoms with Gasteiger partial charge in [-0.15, -0.1) is 11.3 Å². The van der Waals surface area contributed by atoms with Crippen LogP contribution in [0.2, 0.25) is 0 Å². The number of benzene rings is 1. The van der Waals surface area contributed by atoms with E-state index in [9.17, 15) is 5.11 Å². The van der Waals surface area contributed by atoms with Crippen molar-refractivity contribution >= 4 is 11.3 Å². The zero-order chi connectivity index (χ0) is 10.8. The number of aliphatic hydroxyl groups excluding tert-OH is 1. The Kier molecular flexibility index (Phi) is 2.89. The lowest BCUT2D eigenvalue weighted by atomic mass is 9.98. The molecule has 0 aliphatic rings. The van der Waals surface area contributed by atoms with E-state index in [1.165, 1.54) is 11.1 Å². The van der Waals surface area contributed by atoms with Gasteiger partial charge in [-0.05, 0) is 42.0 Å². The second-order valence-corrected chi connectivity index (χ2v) is 4.69. The highest BCUT2D eigenvalue weighted by molar-refractivity contribution is 7.10. The van der Waals surface area contributed by atoms with E-state index in [1.54, 1.807) is 11.3 Å². The van der Waals surface area contributed by atoms with Crippen LogP contribution in [0.5, 0.6) is 0 Å². The van der Waals surface area contributed by atoms with Gasteiger partial charge < -0.3 is 5.11 Å². The van der Waals surface area contributed by atoms with Crippen molar-refractivity contribution in [1.82, 2.24) is 0 Å². The second kappa shape index (κ2) is 4.17. The minimum absolute atomic E-state index is 0.482. The van der Waals surface area contributed by atoms with Crippen LogP contribution >= 0.6 is 11.3 Å². The molecule has 15 heavy (non-hydrogen) atoms. The van der Waals surface area contributed by atoms with E-state index in [0.717, 1.165) is 10.4 Å². The molecule has 0 bridgehead atoms. The molecule has 1 N–H and O–H groups in total. The molecule has 0 radical (unpaired) electrons. The van der Waals surface area contributed by atoms with Crippen molar-refractivity contribution in [2.24, 2.45) is 0 Å². The predicted molar refractivity (Wildman–Crippen MR) is 64.3 cm³/mol. The smallest absolute Gasteiger partial charge is 0.113 e. The van der Waals surface area contributed by atoms with Gasteiger partial charge in [-0.1, -0.05) is 24.3 Å². The topological polar surface area (TPSA) is 20.2 Å². The summed E-state index contributed by atoms with van der Waals surface area (Å²) in [6, 6.07) is 9.99. The van der Waals surface area contributed by atoms with E-state index in [2.05, 4.69) is 19.9 Å². The molecule has 0 aliphatic heterocycles. The fourth-order valence-electron chi connectivity index (χ4n) is 1.67. The van der Waals surface area contributed by atoms with Crippen molar-refractivity contribution in [3.05, 3.63) is 57.3 Å². The van der Waals surface area contributed by atoms with Crippen LogP contribution < -0.4 is 0 Å². The van der Waals surface area contributed by atoms with Gasteiger partial charge in [-0.25, -0.2) is 0 Å². The first-order chi connectivity index (χ1) is 7.20. The van der Waals surface area contributed by atoms with Crippen LogP contribution in [-0.4, -0.2) is 5.11 Å². The maximum Gasteiger partial charge on any atom is 0.113 e. The van der Waals surface area contributed by atoms with Crippen LogP contribution in [0.15, 0.2) is 35.7 Å². The van der Waals surface area contributed by atoms with Gasteiger partial charge >= 0.3 is 0 Å². The van der Waals surface area contributed by atoms with Gasteiger partial charge in [0, 0.05) is 4.88 Å². The first-order valence-electron chi connectivity index (χ1n) is 4.97. The second-order valence-electron chi connectivity index (χ2n) is 3.71. The Balaban J connectivity index is 2.42. The molecule has 1 heterocycles. The Hall–Kier alpha value is -1.12. The fourth-order valence-corrected chi connectivity index (χ4v) is 2.40. The molecule has 0 saturated heterocycles. The van der Waals surface area contributed by atoms with E-state index >= 15 is 0 Å². The molecule has 2 heteroatoms. The minimum Gasteiger partial charge on any atom is -0.383 e. The van der Waals surface area contributed by atoms with Crippen molar-refractivity contribution in [1.29, 1.82) is 0 Å². The maximum absolute atomic E-state index is 10.2. The lowest BCUT2D eigenvalue weighted by Gasteiger charge is -2.13. The van der Waals surface area contributed by atoms with Crippen molar-refractivity contribution in [3.63, 3.8) is 0 Å². The van der Waals surface area contributed by atoms with Crippen LogP contribution in [0.3, 0.4) is 0 Å². The molecule has 1 nitrogen and oxygen atoms in total. The van der Waals surface area contributed by atoms with E-state index < -0.39 is 6.10 Å². The molecule has 0 spiro atoms. The molecule has 0 fully saturated rings. The van der Waals surface area contributed by atoms with Gasteiger partial charge in [0.1, 0.15) is 6.10 Å². The highest BCUT2D eigenvalue weighted by Crippen LogP contribution is 2.28. The van der Waals surface area contributed by atoms with Gasteiger partial charge in [0.15, 0.2) is 0 Å². The van der Waals surface area contributed by atoms with Crippen LogP contribution in [0.1, 0.15) is 27.7 Å². The monoisotopic (exact) mass is 218 g/mol. The van der Waals surface area contributed by atoms with Crippen LogP contribution in [0, 0.1) is 13.8 Å². The fraction of sp³-hybridized carbons (Fsp3) is 0.231. The number of aryl methyl sites for hydroxylation is 1. The summed E-state index contributed by atoms with van der Waals surface area (Å²) < 4.78 is 0. The Morgan fingerprint density at radius 3 is 2.60 bits per heavy atom. The predicted octanol–water partition coefficient (Wildman–Crippen LogP) is 3.45. The summed E-state index contributed by atoms with van der Waals surface area (Å²) in [5.74, 6) is 0. The van der Waals surface area contributed by atoms with Crippen molar-refractivity contribution < 1.29 is 5.11 Å². The van der Waals surface area contributed by atoms with Gasteiger partial charge in [0.25, 0.3) is 0 Å². The summed E-state index contributed by atoms with van der Waals surface area (Å²) in [5, 5.41) is 12.2. The normalized spacial score (nSPS) is 12.7. The summed E-state index contributed by atoms with van der Waals surface area (Å²) in [6.45, 7) is 4.13. The van der Waals surface area contributed by atoms with Gasteiger partial charge in [-0.2, -0.15) is 0 Å². The number of rotatable bonds is 2. The summed E-state index contributed by atoms with van der Waals surface area (Å²) in [7, 11) is 0. The van der Waals surface area contributed by atoms with Crippen molar-refractivity contribution in [3.8, 4) is 0 Å². The first-order valence-corrected chi connectivity index (χ1v) is 5.85. The third-order valence-electron chi connectivity index (χ3n) is 2.75. The molecule has 1 aromatic heterocycles. The quantitative estimate of drug-likeness (QED) is 0.818. The Labute approximate surface area is 94.0 Å². The number of hydrogen-bond acceptors (Lipinski definition) is 2. The number of aliphatic hydroxyl groups is 1. The maximum atomic E-state index is 10.2. The standard InChI is InChI=1S/C13H14OS/c1-9-5-3-6-11(10(9)2)13(14)12-7-4-8-15-12/h3-8,13-14H,1-2H3. The van der Waals surface area contributed by atoms with Crippen LogP contribution in [0.4, 0.5) is 0 Å². The van der Waals surface area contributed by atoms with E-state index in [4.69, 9.17) is 0 Å². The molecular weight excluding hydrogens is 204 g/mol. The summed E-state index contributed by atoms with van der Waals surface area (Å²) in [6.07, 6.45) is -0.482. The summed E-state index contributed by atoms with van der Waals surface area (Å²) in [4.78, 5) is 1.00. The largest absolute Gasteiger partial charge is 0.383 e. The van der Waals surface area contributed by atoms with Crippen LogP contribution in [-0.2, 0) is 0 Å². The van der Waals surface area contributed by atoms with E-state index in [-0.39, 0.29) is 0 Å². The van der Waals surface area contributed by atoms with E-state index in [1.807, 2.05) is 29.6 Å². The zero-order valence-electron chi connectivity index (χ0n) is 8.90. The highest BCUT2D eigenvalue weighted by atomic mass is 32.1. The SMILES string of the molecule is Cc1cccc(C(O)c2cccs2)c1C. The molecule has 2 rings (SSSR count). The van der Waals surface area contributed by atoms with Gasteiger partial charge in [0.05, 0.1) is 0 Å². The Morgan fingerprint density at radius 1 is 1.13 bits per heavy atom. The van der Waals surface area contributed by atoms with Crippen LogP contribution in [0.25, 0.3) is 0 Å². The summed E-state index contributed by atoms with van der Waals surface area (Å²) >= 11 is 1.59. The molecule has 1 atom stereocenters. The zero-order valence-corrected chi connectivity index (χ0v) is 9.71.